The first kappa shape index (κ1) is 24.5. The topological polar surface area (TPSA) is 71.0 Å². The summed E-state index contributed by atoms with van der Waals surface area (Å²) in [6.45, 7) is 8.09. The molecule has 0 bridgehead atoms. The molecule has 2 aromatic heterocycles. The van der Waals surface area contributed by atoms with Crippen LogP contribution in [-0.4, -0.2) is 61.2 Å². The number of carbonyl (C=O) groups excluding carboxylic acids is 1. The smallest absolute Gasteiger partial charge is 0.329 e. The highest BCUT2D eigenvalue weighted by molar-refractivity contribution is 6.40. The zero-order valence-electron chi connectivity index (χ0n) is 22.4. The average molecular weight is 507 g/mol. The first-order valence-corrected chi connectivity index (χ1v) is 13.7. The highest BCUT2D eigenvalue weighted by atomic mass is 16.1. The third kappa shape index (κ3) is 4.40. The molecule has 5 heterocycles. The summed E-state index contributed by atoms with van der Waals surface area (Å²) in [5, 5.41) is 11.9. The predicted octanol–water partition coefficient (Wildman–Crippen LogP) is 4.55. The second kappa shape index (κ2) is 10.1. The number of rotatable bonds is 6. The summed E-state index contributed by atoms with van der Waals surface area (Å²) in [5.74, 6) is 2.48. The fourth-order valence-electron chi connectivity index (χ4n) is 5.75. The average Bonchev–Trinajstić information content (AvgIpc) is 3.66. The molecule has 9 heteroatoms. The quantitative estimate of drug-likeness (QED) is 0.393. The molecule has 0 aliphatic carbocycles. The minimum absolute atomic E-state index is 0.0725. The Morgan fingerprint density at radius 2 is 1.89 bits per heavy atom. The standard InChI is InChI=1S/C29H33BN7O/c1-4-8-20(2)24-19-35(33-32-24)28-16-14-26-29(22-9-11-23(12-10-22)31-21(3)38)25-13-15-27(36(25)30-37(26)28)34-17-6-5-7-18-34/h9-16,19-20H,4-8,17-18H2,1-3H3/p+1. The third-order valence-corrected chi connectivity index (χ3v) is 7.68. The van der Waals surface area contributed by atoms with Crippen LogP contribution in [0, 0.1) is 0 Å². The van der Waals surface area contributed by atoms with Crippen LogP contribution in [-0.2, 0) is 4.79 Å². The number of aromatic nitrogens is 4. The minimum Gasteiger partial charge on any atom is -0.329 e. The van der Waals surface area contributed by atoms with E-state index in [1.807, 2.05) is 16.8 Å². The number of fused-ring (bicyclic) bond motifs is 2. The van der Waals surface area contributed by atoms with E-state index >= 15 is 0 Å². The van der Waals surface area contributed by atoms with Crippen LogP contribution in [0.3, 0.4) is 0 Å². The number of nitrogens with zero attached hydrogens (tertiary/aromatic N) is 6. The van der Waals surface area contributed by atoms with Crippen molar-refractivity contribution in [3.8, 4) is 5.82 Å². The van der Waals surface area contributed by atoms with Crippen molar-refractivity contribution in [1.29, 1.82) is 0 Å². The third-order valence-electron chi connectivity index (χ3n) is 7.68. The van der Waals surface area contributed by atoms with Crippen molar-refractivity contribution in [3.63, 3.8) is 0 Å². The molecule has 1 aromatic carbocycles. The number of amidine groups is 1. The van der Waals surface area contributed by atoms with Gasteiger partial charge in [-0.25, -0.2) is 4.68 Å². The van der Waals surface area contributed by atoms with E-state index in [-0.39, 0.29) is 5.91 Å². The van der Waals surface area contributed by atoms with Crippen molar-refractivity contribution in [2.24, 2.45) is 0 Å². The highest BCUT2D eigenvalue weighted by Gasteiger charge is 2.40. The van der Waals surface area contributed by atoms with E-state index in [0.29, 0.717) is 5.92 Å². The van der Waals surface area contributed by atoms with Crippen LogP contribution in [0.5, 0.6) is 0 Å². The Bertz CT molecular complexity index is 1450. The van der Waals surface area contributed by atoms with Crippen molar-refractivity contribution in [3.05, 3.63) is 77.4 Å². The number of piperidine rings is 1. The number of amides is 1. The van der Waals surface area contributed by atoms with Gasteiger partial charge < -0.3 is 9.79 Å². The number of allylic oxidation sites excluding steroid dienone is 1. The molecular formula is C29H34BN7O+. The monoisotopic (exact) mass is 507 g/mol. The molecule has 38 heavy (non-hydrogen) atoms. The molecule has 1 amide bonds. The lowest BCUT2D eigenvalue weighted by atomic mass is 9.91. The molecule has 3 aliphatic heterocycles. The number of nitrogens with one attached hydrogen (secondary N) is 1. The highest BCUT2D eigenvalue weighted by Crippen LogP contribution is 2.37. The summed E-state index contributed by atoms with van der Waals surface area (Å²) in [6.07, 6.45) is 12.5. The summed E-state index contributed by atoms with van der Waals surface area (Å²) >= 11 is 0. The Hall–Kier alpha value is -3.88. The van der Waals surface area contributed by atoms with Crippen LogP contribution in [0.2, 0.25) is 0 Å². The molecule has 1 radical (unpaired) electrons. The second-order valence-electron chi connectivity index (χ2n) is 10.5. The second-order valence-corrected chi connectivity index (χ2v) is 10.5. The van der Waals surface area contributed by atoms with Gasteiger partial charge in [-0.15, -0.1) is 5.10 Å². The molecule has 1 N–H and O–H groups in total. The largest absolute Gasteiger partial charge is 0.553 e. The van der Waals surface area contributed by atoms with Crippen LogP contribution < -0.4 is 5.32 Å². The Labute approximate surface area is 224 Å². The van der Waals surface area contributed by atoms with Crippen LogP contribution in [0.15, 0.2) is 60.4 Å². The Kier molecular flexibility index (Phi) is 6.51. The molecule has 1 fully saturated rings. The number of hydrogen-bond donors (Lipinski definition) is 1. The molecule has 193 valence electrons. The summed E-state index contributed by atoms with van der Waals surface area (Å²) < 4.78 is 6.61. The van der Waals surface area contributed by atoms with E-state index in [1.165, 1.54) is 32.0 Å². The number of hydrogen-bond acceptors (Lipinski definition) is 3. The summed E-state index contributed by atoms with van der Waals surface area (Å²) in [4.78, 5) is 13.9. The number of benzene rings is 1. The van der Waals surface area contributed by atoms with Gasteiger partial charge in [-0.1, -0.05) is 37.6 Å². The molecule has 0 saturated carbocycles. The molecule has 1 atom stereocenters. The fraction of sp³-hybridized carbons (Fsp3) is 0.379. The maximum atomic E-state index is 11.6. The number of carbonyl (C=O) groups is 1. The van der Waals surface area contributed by atoms with Crippen LogP contribution in [0.25, 0.3) is 11.4 Å². The van der Waals surface area contributed by atoms with Gasteiger partial charge in [0.15, 0.2) is 0 Å². The lowest BCUT2D eigenvalue weighted by Gasteiger charge is -2.27. The van der Waals surface area contributed by atoms with Gasteiger partial charge in [-0.2, -0.15) is 0 Å². The van der Waals surface area contributed by atoms with Gasteiger partial charge in [-0.3, -0.25) is 14.2 Å². The van der Waals surface area contributed by atoms with E-state index in [9.17, 15) is 4.79 Å². The first-order valence-electron chi connectivity index (χ1n) is 13.7. The SMILES string of the molecule is CCCC(C)c1cn(-c2ccc3n2[B]N2C(=C3c3ccc(NC(C)=O)cc3)C=CC2=[N+]2CCCCC2)nn1. The van der Waals surface area contributed by atoms with Gasteiger partial charge >= 0.3 is 7.55 Å². The Morgan fingerprint density at radius 1 is 1.11 bits per heavy atom. The summed E-state index contributed by atoms with van der Waals surface area (Å²) in [6, 6.07) is 12.4. The maximum Gasteiger partial charge on any atom is 0.553 e. The molecule has 8 nitrogen and oxygen atoms in total. The van der Waals surface area contributed by atoms with Crippen molar-refractivity contribution in [1.82, 2.24) is 24.3 Å². The predicted molar refractivity (Wildman–Crippen MR) is 150 cm³/mol. The van der Waals surface area contributed by atoms with Gasteiger partial charge in [0.1, 0.15) is 11.5 Å². The van der Waals surface area contributed by atoms with Crippen molar-refractivity contribution in [2.45, 2.75) is 58.8 Å². The summed E-state index contributed by atoms with van der Waals surface area (Å²) in [5.41, 5.74) is 6.31. The lowest BCUT2D eigenvalue weighted by molar-refractivity contribution is -0.539. The Morgan fingerprint density at radius 3 is 2.63 bits per heavy atom. The van der Waals surface area contributed by atoms with E-state index in [0.717, 1.165) is 65.7 Å². The number of anilines is 1. The Balaban J connectivity index is 1.45. The molecule has 0 spiro atoms. The van der Waals surface area contributed by atoms with E-state index in [1.54, 1.807) is 0 Å². The van der Waals surface area contributed by atoms with E-state index < -0.39 is 0 Å². The van der Waals surface area contributed by atoms with Gasteiger partial charge in [0.05, 0.1) is 25.0 Å². The molecular weight excluding hydrogens is 473 g/mol. The minimum atomic E-state index is -0.0725. The normalized spacial score (nSPS) is 17.4. The zero-order chi connectivity index (χ0) is 26.2. The molecule has 1 unspecified atom stereocenters. The van der Waals surface area contributed by atoms with Gasteiger partial charge in [-0.05, 0) is 61.6 Å². The van der Waals surface area contributed by atoms with Crippen LogP contribution in [0.4, 0.5) is 5.69 Å². The summed E-state index contributed by atoms with van der Waals surface area (Å²) in [7, 11) is 2.19. The van der Waals surface area contributed by atoms with Crippen molar-refractivity contribution < 1.29 is 9.37 Å². The molecule has 3 aromatic rings. The van der Waals surface area contributed by atoms with E-state index in [4.69, 9.17) is 0 Å². The van der Waals surface area contributed by atoms with E-state index in [2.05, 4.69) is 93.5 Å². The van der Waals surface area contributed by atoms with Crippen LogP contribution >= 0.6 is 0 Å². The lowest BCUT2D eigenvalue weighted by Crippen LogP contribution is -2.43. The maximum absolute atomic E-state index is 11.6. The molecule has 3 aliphatic rings. The zero-order valence-corrected chi connectivity index (χ0v) is 22.4. The molecule has 1 saturated heterocycles. The fourth-order valence-corrected chi connectivity index (χ4v) is 5.75. The van der Waals surface area contributed by atoms with Gasteiger partial charge in [0.2, 0.25) is 5.91 Å². The molecule has 6 rings (SSSR count). The van der Waals surface area contributed by atoms with Gasteiger partial charge in [0, 0.05) is 35.9 Å². The van der Waals surface area contributed by atoms with Crippen molar-refractivity contribution in [2.75, 3.05) is 18.4 Å². The van der Waals surface area contributed by atoms with Gasteiger partial charge in [0.25, 0.3) is 5.84 Å². The van der Waals surface area contributed by atoms with Crippen molar-refractivity contribution >= 4 is 30.6 Å². The first-order chi connectivity index (χ1) is 18.5. The van der Waals surface area contributed by atoms with Crippen LogP contribution in [0.1, 0.15) is 75.7 Å².